The first-order valence-corrected chi connectivity index (χ1v) is 7.25. The SMILES string of the molecule is O=CNc1cc(F)c(F)cc1C1CNCC1c1cccc(F)c1. The average molecular weight is 320 g/mol. The molecule has 2 aromatic rings. The topological polar surface area (TPSA) is 41.1 Å². The van der Waals surface area contributed by atoms with Crippen LogP contribution in [0, 0.1) is 17.5 Å². The number of amides is 1. The lowest BCUT2D eigenvalue weighted by Gasteiger charge is -2.22. The molecular formula is C17H15F3N2O. The van der Waals surface area contributed by atoms with Gasteiger partial charge in [-0.25, -0.2) is 13.2 Å². The number of nitrogens with one attached hydrogen (secondary N) is 2. The number of rotatable bonds is 4. The van der Waals surface area contributed by atoms with E-state index in [0.29, 0.717) is 25.1 Å². The molecule has 2 N–H and O–H groups in total. The van der Waals surface area contributed by atoms with Crippen LogP contribution in [-0.4, -0.2) is 19.5 Å². The van der Waals surface area contributed by atoms with Crippen LogP contribution in [-0.2, 0) is 4.79 Å². The van der Waals surface area contributed by atoms with Crippen LogP contribution >= 0.6 is 0 Å². The Kier molecular flexibility index (Phi) is 4.34. The molecule has 3 rings (SSSR count). The average Bonchev–Trinajstić information content (AvgIpc) is 3.00. The Morgan fingerprint density at radius 2 is 1.78 bits per heavy atom. The van der Waals surface area contributed by atoms with Crippen molar-refractivity contribution in [3.8, 4) is 0 Å². The van der Waals surface area contributed by atoms with Crippen LogP contribution in [0.15, 0.2) is 36.4 Å². The van der Waals surface area contributed by atoms with E-state index in [1.807, 2.05) is 0 Å². The zero-order valence-electron chi connectivity index (χ0n) is 12.2. The third kappa shape index (κ3) is 3.07. The lowest BCUT2D eigenvalue weighted by molar-refractivity contribution is -0.105. The van der Waals surface area contributed by atoms with Crippen LogP contribution in [0.4, 0.5) is 18.9 Å². The second-order valence-electron chi connectivity index (χ2n) is 5.54. The maximum absolute atomic E-state index is 13.7. The lowest BCUT2D eigenvalue weighted by Crippen LogP contribution is -2.13. The Hall–Kier alpha value is -2.34. The number of hydrogen-bond acceptors (Lipinski definition) is 2. The third-order valence-corrected chi connectivity index (χ3v) is 4.20. The Balaban J connectivity index is 2.02. The van der Waals surface area contributed by atoms with Crippen LogP contribution in [0.2, 0.25) is 0 Å². The van der Waals surface area contributed by atoms with Crippen molar-refractivity contribution in [1.82, 2.24) is 5.32 Å². The minimum atomic E-state index is -1.02. The second-order valence-corrected chi connectivity index (χ2v) is 5.54. The van der Waals surface area contributed by atoms with Gasteiger partial charge >= 0.3 is 0 Å². The number of carbonyl (C=O) groups excluding carboxylic acids is 1. The van der Waals surface area contributed by atoms with Gasteiger partial charge in [-0.05, 0) is 29.3 Å². The predicted octanol–water partition coefficient (Wildman–Crippen LogP) is 3.14. The van der Waals surface area contributed by atoms with E-state index in [4.69, 9.17) is 0 Å². The van der Waals surface area contributed by atoms with Crippen molar-refractivity contribution in [2.45, 2.75) is 11.8 Å². The first kappa shape index (κ1) is 15.6. The molecular weight excluding hydrogens is 305 g/mol. The molecule has 2 atom stereocenters. The molecule has 23 heavy (non-hydrogen) atoms. The minimum absolute atomic E-state index is 0.0947. The molecule has 1 heterocycles. The summed E-state index contributed by atoms with van der Waals surface area (Å²) >= 11 is 0. The largest absolute Gasteiger partial charge is 0.328 e. The highest BCUT2D eigenvalue weighted by molar-refractivity contribution is 5.74. The number of hydrogen-bond donors (Lipinski definition) is 2. The van der Waals surface area contributed by atoms with Gasteiger partial charge in [0, 0.05) is 36.7 Å². The minimum Gasteiger partial charge on any atom is -0.328 e. The molecule has 0 bridgehead atoms. The van der Waals surface area contributed by atoms with Gasteiger partial charge in [0.2, 0.25) is 6.41 Å². The fourth-order valence-electron chi connectivity index (χ4n) is 3.15. The summed E-state index contributed by atoms with van der Waals surface area (Å²) in [6.07, 6.45) is 0.426. The number of anilines is 1. The number of carbonyl (C=O) groups is 1. The summed E-state index contributed by atoms with van der Waals surface area (Å²) in [5, 5.41) is 5.60. The standard InChI is InChI=1S/C17H15F3N2O/c18-11-3-1-2-10(4-11)13-7-21-8-14(13)12-5-15(19)16(20)6-17(12)22-9-23/h1-6,9,13-14,21H,7-8H2,(H,22,23). The van der Waals surface area contributed by atoms with Gasteiger partial charge in [0.15, 0.2) is 11.6 Å². The van der Waals surface area contributed by atoms with Gasteiger partial charge in [0.05, 0.1) is 0 Å². The molecule has 2 aromatic carbocycles. The van der Waals surface area contributed by atoms with Crippen molar-refractivity contribution >= 4 is 12.1 Å². The van der Waals surface area contributed by atoms with E-state index in [2.05, 4.69) is 10.6 Å². The van der Waals surface area contributed by atoms with Crippen LogP contribution in [0.1, 0.15) is 23.0 Å². The summed E-state index contributed by atoms with van der Waals surface area (Å²) in [7, 11) is 0. The monoisotopic (exact) mass is 320 g/mol. The van der Waals surface area contributed by atoms with Crippen LogP contribution in [0.25, 0.3) is 0 Å². The van der Waals surface area contributed by atoms with E-state index in [-0.39, 0.29) is 23.3 Å². The van der Waals surface area contributed by atoms with Crippen molar-refractivity contribution in [2.24, 2.45) is 0 Å². The van der Waals surface area contributed by atoms with E-state index in [9.17, 15) is 18.0 Å². The summed E-state index contributed by atoms with van der Waals surface area (Å²) in [5.74, 6) is -2.63. The normalized spacial score (nSPS) is 20.5. The second kappa shape index (κ2) is 6.42. The molecule has 1 fully saturated rings. The van der Waals surface area contributed by atoms with E-state index < -0.39 is 11.6 Å². The summed E-state index contributed by atoms with van der Waals surface area (Å²) in [6.45, 7) is 1.12. The number of benzene rings is 2. The van der Waals surface area contributed by atoms with Crippen molar-refractivity contribution in [1.29, 1.82) is 0 Å². The van der Waals surface area contributed by atoms with Crippen LogP contribution < -0.4 is 10.6 Å². The molecule has 0 aromatic heterocycles. The van der Waals surface area contributed by atoms with E-state index >= 15 is 0 Å². The molecule has 1 saturated heterocycles. The number of halogens is 3. The molecule has 2 unspecified atom stereocenters. The Morgan fingerprint density at radius 3 is 2.52 bits per heavy atom. The van der Waals surface area contributed by atoms with Crippen molar-refractivity contribution in [3.05, 3.63) is 65.0 Å². The highest BCUT2D eigenvalue weighted by Crippen LogP contribution is 2.39. The van der Waals surface area contributed by atoms with E-state index in [0.717, 1.165) is 17.7 Å². The Bertz CT molecular complexity index is 736. The van der Waals surface area contributed by atoms with Gasteiger partial charge in [0.1, 0.15) is 5.82 Å². The molecule has 0 radical (unpaired) electrons. The molecule has 0 spiro atoms. The van der Waals surface area contributed by atoms with Gasteiger partial charge in [-0.3, -0.25) is 4.79 Å². The summed E-state index contributed by atoms with van der Waals surface area (Å²) < 4.78 is 40.6. The smallest absolute Gasteiger partial charge is 0.211 e. The summed E-state index contributed by atoms with van der Waals surface area (Å²) in [5.41, 5.74) is 1.51. The van der Waals surface area contributed by atoms with Crippen LogP contribution in [0.5, 0.6) is 0 Å². The van der Waals surface area contributed by atoms with Gasteiger partial charge < -0.3 is 10.6 Å². The first-order valence-electron chi connectivity index (χ1n) is 7.25. The fraction of sp³-hybridized carbons (Fsp3) is 0.235. The highest BCUT2D eigenvalue weighted by atomic mass is 19.2. The quantitative estimate of drug-likeness (QED) is 0.850. The zero-order chi connectivity index (χ0) is 16.4. The molecule has 3 nitrogen and oxygen atoms in total. The van der Waals surface area contributed by atoms with E-state index in [1.165, 1.54) is 12.1 Å². The fourth-order valence-corrected chi connectivity index (χ4v) is 3.15. The van der Waals surface area contributed by atoms with Crippen molar-refractivity contribution in [3.63, 3.8) is 0 Å². The molecule has 0 aliphatic carbocycles. The summed E-state index contributed by atoms with van der Waals surface area (Å²) in [6, 6.07) is 8.30. The van der Waals surface area contributed by atoms with Gasteiger partial charge in [-0.1, -0.05) is 12.1 Å². The Labute approximate surface area is 131 Å². The van der Waals surface area contributed by atoms with Gasteiger partial charge in [-0.2, -0.15) is 0 Å². The Morgan fingerprint density at radius 1 is 1.04 bits per heavy atom. The van der Waals surface area contributed by atoms with Crippen LogP contribution in [0.3, 0.4) is 0 Å². The zero-order valence-corrected chi connectivity index (χ0v) is 12.2. The predicted molar refractivity (Wildman–Crippen MR) is 80.8 cm³/mol. The molecule has 120 valence electrons. The van der Waals surface area contributed by atoms with Crippen molar-refractivity contribution < 1.29 is 18.0 Å². The highest BCUT2D eigenvalue weighted by Gasteiger charge is 2.32. The van der Waals surface area contributed by atoms with Gasteiger partial charge in [-0.15, -0.1) is 0 Å². The molecule has 1 amide bonds. The molecule has 6 heteroatoms. The third-order valence-electron chi connectivity index (χ3n) is 4.20. The molecule has 0 saturated carbocycles. The molecule has 1 aliphatic heterocycles. The van der Waals surface area contributed by atoms with Gasteiger partial charge in [0.25, 0.3) is 0 Å². The lowest BCUT2D eigenvalue weighted by atomic mass is 9.83. The maximum atomic E-state index is 13.7. The van der Waals surface area contributed by atoms with E-state index in [1.54, 1.807) is 12.1 Å². The first-order chi connectivity index (χ1) is 11.1. The maximum Gasteiger partial charge on any atom is 0.211 e. The molecule has 1 aliphatic rings. The van der Waals surface area contributed by atoms with Crippen molar-refractivity contribution in [2.75, 3.05) is 18.4 Å². The summed E-state index contributed by atoms with van der Waals surface area (Å²) in [4.78, 5) is 10.7.